The highest BCUT2D eigenvalue weighted by Gasteiger charge is 2.33. The fourth-order valence-electron chi connectivity index (χ4n) is 4.02. The zero-order chi connectivity index (χ0) is 28.7. The van der Waals surface area contributed by atoms with Crippen LogP contribution in [0.1, 0.15) is 25.0 Å². The van der Waals surface area contributed by atoms with Gasteiger partial charge in [-0.15, -0.1) is 0 Å². The van der Waals surface area contributed by atoms with Crippen LogP contribution in [0.4, 0.5) is 5.69 Å². The Balaban J connectivity index is 2.08. The largest absolute Gasteiger partial charge is 0.352 e. The van der Waals surface area contributed by atoms with Gasteiger partial charge in [0.2, 0.25) is 21.8 Å². The zero-order valence-corrected chi connectivity index (χ0v) is 24.9. The lowest BCUT2D eigenvalue weighted by atomic mass is 10.0. The van der Waals surface area contributed by atoms with Gasteiger partial charge in [-0.1, -0.05) is 83.3 Å². The van der Waals surface area contributed by atoms with Crippen LogP contribution in [0.15, 0.2) is 72.8 Å². The molecule has 3 aromatic carbocycles. The molecule has 11 heteroatoms. The van der Waals surface area contributed by atoms with Crippen molar-refractivity contribution in [2.75, 3.05) is 17.1 Å². The van der Waals surface area contributed by atoms with Gasteiger partial charge in [0.25, 0.3) is 0 Å². The molecule has 0 saturated carbocycles. The van der Waals surface area contributed by atoms with E-state index in [4.69, 9.17) is 34.8 Å². The maximum atomic E-state index is 14.0. The first kappa shape index (κ1) is 30.8. The third-order valence-electron chi connectivity index (χ3n) is 5.84. The smallest absolute Gasteiger partial charge is 0.244 e. The summed E-state index contributed by atoms with van der Waals surface area (Å²) < 4.78 is 26.6. The second-order valence-corrected chi connectivity index (χ2v) is 12.5. The Morgan fingerprint density at radius 3 is 2.08 bits per heavy atom. The molecule has 39 heavy (non-hydrogen) atoms. The van der Waals surface area contributed by atoms with E-state index >= 15 is 0 Å². The highest BCUT2D eigenvalue weighted by atomic mass is 35.5. The van der Waals surface area contributed by atoms with Gasteiger partial charge in [0.05, 0.1) is 27.0 Å². The molecule has 0 aromatic heterocycles. The van der Waals surface area contributed by atoms with Crippen LogP contribution >= 0.6 is 34.8 Å². The summed E-state index contributed by atoms with van der Waals surface area (Å²) in [5.41, 5.74) is 1.62. The van der Waals surface area contributed by atoms with Crippen LogP contribution < -0.4 is 9.62 Å². The molecule has 3 rings (SSSR count). The third-order valence-corrected chi connectivity index (χ3v) is 8.02. The minimum absolute atomic E-state index is 0.0150. The fourth-order valence-corrected chi connectivity index (χ4v) is 5.49. The maximum Gasteiger partial charge on any atom is 0.244 e. The van der Waals surface area contributed by atoms with E-state index < -0.39 is 28.5 Å². The average Bonchev–Trinajstić information content (AvgIpc) is 2.86. The van der Waals surface area contributed by atoms with Crippen molar-refractivity contribution in [2.45, 2.75) is 38.9 Å². The molecule has 1 atom stereocenters. The summed E-state index contributed by atoms with van der Waals surface area (Å²) in [6.45, 7) is 3.07. The Morgan fingerprint density at radius 1 is 0.846 bits per heavy atom. The molecule has 0 saturated heterocycles. The van der Waals surface area contributed by atoms with Gasteiger partial charge in [0.15, 0.2) is 0 Å². The van der Waals surface area contributed by atoms with Gasteiger partial charge >= 0.3 is 0 Å². The second-order valence-electron chi connectivity index (χ2n) is 9.36. The zero-order valence-electron chi connectivity index (χ0n) is 21.8. The summed E-state index contributed by atoms with van der Waals surface area (Å²) in [5, 5.41) is 3.71. The molecule has 0 radical (unpaired) electrons. The lowest BCUT2D eigenvalue weighted by molar-refractivity contribution is -0.140. The van der Waals surface area contributed by atoms with Gasteiger partial charge in [-0.2, -0.15) is 0 Å². The van der Waals surface area contributed by atoms with Crippen LogP contribution in [0.25, 0.3) is 0 Å². The first-order valence-corrected chi connectivity index (χ1v) is 15.1. The molecule has 1 N–H and O–H groups in total. The van der Waals surface area contributed by atoms with E-state index in [9.17, 15) is 18.0 Å². The van der Waals surface area contributed by atoms with Crippen molar-refractivity contribution in [1.82, 2.24) is 10.2 Å². The average molecular weight is 611 g/mol. The quantitative estimate of drug-likeness (QED) is 0.307. The number of benzene rings is 3. The van der Waals surface area contributed by atoms with Gasteiger partial charge in [-0.3, -0.25) is 13.9 Å². The van der Waals surface area contributed by atoms with E-state index in [1.165, 1.54) is 11.0 Å². The number of para-hydroxylation sites is 1. The minimum atomic E-state index is -3.92. The van der Waals surface area contributed by atoms with Gasteiger partial charge in [0.1, 0.15) is 12.6 Å². The molecule has 0 aliphatic heterocycles. The van der Waals surface area contributed by atoms with Crippen LogP contribution in [0.2, 0.25) is 15.1 Å². The Hall–Kier alpha value is -2.78. The monoisotopic (exact) mass is 609 g/mol. The molecule has 2 amide bonds. The van der Waals surface area contributed by atoms with Crippen LogP contribution in [-0.4, -0.2) is 50.0 Å². The number of carbonyl (C=O) groups is 2. The number of halogens is 3. The summed E-state index contributed by atoms with van der Waals surface area (Å²) in [6.07, 6.45) is 1.21. The normalized spacial score (nSPS) is 12.2. The van der Waals surface area contributed by atoms with Crippen LogP contribution in [0.3, 0.4) is 0 Å². The van der Waals surface area contributed by atoms with Crippen LogP contribution in [-0.2, 0) is 32.6 Å². The van der Waals surface area contributed by atoms with Crippen molar-refractivity contribution in [1.29, 1.82) is 0 Å². The summed E-state index contributed by atoms with van der Waals surface area (Å²) in [4.78, 5) is 28.9. The van der Waals surface area contributed by atoms with Crippen molar-refractivity contribution in [2.24, 2.45) is 0 Å². The molecule has 0 fully saturated rings. The number of sulfonamides is 1. The summed E-state index contributed by atoms with van der Waals surface area (Å²) in [7, 11) is -3.92. The predicted molar refractivity (Wildman–Crippen MR) is 158 cm³/mol. The molecule has 0 bridgehead atoms. The van der Waals surface area contributed by atoms with E-state index in [2.05, 4.69) is 5.32 Å². The van der Waals surface area contributed by atoms with Gasteiger partial charge < -0.3 is 10.2 Å². The van der Waals surface area contributed by atoms with E-state index in [0.29, 0.717) is 15.6 Å². The molecule has 3 aromatic rings. The summed E-state index contributed by atoms with van der Waals surface area (Å²) >= 11 is 18.6. The molecule has 0 spiro atoms. The molecule has 0 aliphatic carbocycles. The molecular formula is C28H30Cl3N3O4S. The van der Waals surface area contributed by atoms with Gasteiger partial charge in [-0.25, -0.2) is 8.42 Å². The number of amides is 2. The third kappa shape index (κ3) is 8.60. The number of hydrogen-bond donors (Lipinski definition) is 1. The lowest BCUT2D eigenvalue weighted by Gasteiger charge is -2.34. The van der Waals surface area contributed by atoms with Crippen molar-refractivity contribution < 1.29 is 18.0 Å². The molecule has 1 unspecified atom stereocenters. The molecule has 0 heterocycles. The van der Waals surface area contributed by atoms with Crippen molar-refractivity contribution in [3.05, 3.63) is 99.0 Å². The first-order valence-electron chi connectivity index (χ1n) is 12.2. The van der Waals surface area contributed by atoms with E-state index in [0.717, 1.165) is 16.1 Å². The SMILES string of the molecule is CC(C)NC(=O)C(Cc1ccccc1)N(Cc1ccc(Cl)c(Cl)c1)C(=O)CN(c1ccccc1Cl)S(C)(=O)=O. The minimum Gasteiger partial charge on any atom is -0.352 e. The van der Waals surface area contributed by atoms with E-state index in [-0.39, 0.29) is 35.6 Å². The van der Waals surface area contributed by atoms with Crippen LogP contribution in [0.5, 0.6) is 0 Å². The molecule has 0 aliphatic rings. The lowest BCUT2D eigenvalue weighted by Crippen LogP contribution is -2.54. The number of anilines is 1. The van der Waals surface area contributed by atoms with Crippen molar-refractivity contribution in [3.63, 3.8) is 0 Å². The Labute approximate surface area is 244 Å². The van der Waals surface area contributed by atoms with Gasteiger partial charge in [0, 0.05) is 19.0 Å². The molecule has 7 nitrogen and oxygen atoms in total. The standard InChI is InChI=1S/C28H30Cl3N3O4S/c1-19(2)32-28(36)26(16-20-9-5-4-6-10-20)33(17-21-13-14-22(29)24(31)15-21)27(35)18-34(39(3,37)38)25-12-8-7-11-23(25)30/h4-15,19,26H,16-18H2,1-3H3,(H,32,36). The number of carbonyl (C=O) groups excluding carboxylic acids is 2. The fraction of sp³-hybridized carbons (Fsp3) is 0.286. The topological polar surface area (TPSA) is 86.8 Å². The number of hydrogen-bond acceptors (Lipinski definition) is 4. The Kier molecular flexibility index (Phi) is 10.7. The number of nitrogens with zero attached hydrogens (tertiary/aromatic N) is 2. The maximum absolute atomic E-state index is 14.0. The Bertz CT molecular complexity index is 1420. The Morgan fingerprint density at radius 2 is 1.49 bits per heavy atom. The highest BCUT2D eigenvalue weighted by molar-refractivity contribution is 7.92. The molecule has 208 valence electrons. The first-order chi connectivity index (χ1) is 18.4. The van der Waals surface area contributed by atoms with Crippen LogP contribution in [0, 0.1) is 0 Å². The van der Waals surface area contributed by atoms with Crippen molar-refractivity contribution in [3.8, 4) is 0 Å². The number of nitrogens with one attached hydrogen (secondary N) is 1. The summed E-state index contributed by atoms with van der Waals surface area (Å²) in [5.74, 6) is -0.961. The van der Waals surface area contributed by atoms with Crippen molar-refractivity contribution >= 4 is 62.3 Å². The summed E-state index contributed by atoms with van der Waals surface area (Å²) in [6, 6.07) is 19.4. The number of rotatable bonds is 11. The highest BCUT2D eigenvalue weighted by Crippen LogP contribution is 2.28. The van der Waals surface area contributed by atoms with E-state index in [1.807, 2.05) is 44.2 Å². The molecular weight excluding hydrogens is 581 g/mol. The predicted octanol–water partition coefficient (Wildman–Crippen LogP) is 5.58. The second kappa shape index (κ2) is 13.5. The van der Waals surface area contributed by atoms with E-state index in [1.54, 1.807) is 36.4 Å². The van der Waals surface area contributed by atoms with Gasteiger partial charge in [-0.05, 0) is 49.2 Å².